The zero-order valence-electron chi connectivity index (χ0n) is 8.27. The molecule has 0 aromatic rings. The third-order valence-electron chi connectivity index (χ3n) is 3.07. The molecule has 0 heterocycles. The maximum absolute atomic E-state index is 10.0. The van der Waals surface area contributed by atoms with E-state index in [-0.39, 0.29) is 5.60 Å². The highest BCUT2D eigenvalue weighted by Crippen LogP contribution is 2.33. The Kier molecular flexibility index (Phi) is 3.53. The van der Waals surface area contributed by atoms with Crippen LogP contribution in [0, 0.1) is 0 Å². The molecule has 0 saturated heterocycles. The Morgan fingerprint density at radius 2 is 2.00 bits per heavy atom. The Labute approximate surface area is 75.4 Å². The molecule has 2 N–H and O–H groups in total. The first-order valence-electron chi connectivity index (χ1n) is 5.06. The van der Waals surface area contributed by atoms with Gasteiger partial charge in [0, 0.05) is 6.04 Å². The lowest BCUT2D eigenvalue weighted by Gasteiger charge is -2.23. The zero-order valence-corrected chi connectivity index (χ0v) is 8.27. The van der Waals surface area contributed by atoms with Crippen molar-refractivity contribution >= 4 is 0 Å². The second kappa shape index (κ2) is 4.24. The van der Waals surface area contributed by atoms with Crippen molar-refractivity contribution in [1.29, 1.82) is 0 Å². The molecule has 0 aromatic heterocycles. The molecule has 1 fully saturated rings. The molecule has 0 bridgehead atoms. The molecular weight excluding hydrogens is 150 g/mol. The first kappa shape index (κ1) is 10.0. The fourth-order valence-electron chi connectivity index (χ4n) is 1.91. The first-order valence-corrected chi connectivity index (χ1v) is 5.06. The number of nitrogens with one attached hydrogen (secondary N) is 1. The number of rotatable bonds is 4. The minimum absolute atomic E-state index is 0.314. The number of hydrogen-bond donors (Lipinski definition) is 2. The van der Waals surface area contributed by atoms with Gasteiger partial charge in [-0.3, -0.25) is 0 Å². The van der Waals surface area contributed by atoms with Gasteiger partial charge in [-0.1, -0.05) is 12.8 Å². The zero-order chi connectivity index (χ0) is 9.03. The van der Waals surface area contributed by atoms with Crippen LogP contribution >= 0.6 is 0 Å². The molecule has 72 valence electrons. The molecule has 12 heavy (non-hydrogen) atoms. The maximum atomic E-state index is 10.0. The van der Waals surface area contributed by atoms with Gasteiger partial charge in [0.15, 0.2) is 0 Å². The van der Waals surface area contributed by atoms with Crippen LogP contribution in [0.15, 0.2) is 0 Å². The van der Waals surface area contributed by atoms with E-state index in [0.29, 0.717) is 6.04 Å². The van der Waals surface area contributed by atoms with Crippen molar-refractivity contribution in [3.05, 3.63) is 0 Å². The van der Waals surface area contributed by atoms with Gasteiger partial charge in [0.1, 0.15) is 0 Å². The van der Waals surface area contributed by atoms with Gasteiger partial charge in [0.2, 0.25) is 0 Å². The molecule has 2 heteroatoms. The summed E-state index contributed by atoms with van der Waals surface area (Å²) in [6.45, 7) is 2.16. The molecular formula is C10H21NO. The Hall–Kier alpha value is -0.0800. The SMILES string of the molecule is CNC(C)CCC1(O)CCCC1. The smallest absolute Gasteiger partial charge is 0.0648 e. The topological polar surface area (TPSA) is 32.3 Å². The van der Waals surface area contributed by atoms with Crippen molar-refractivity contribution in [2.75, 3.05) is 7.05 Å². The molecule has 1 atom stereocenters. The minimum atomic E-state index is -0.314. The predicted octanol–water partition coefficient (Wildman–Crippen LogP) is 1.68. The normalized spacial score (nSPS) is 24.2. The van der Waals surface area contributed by atoms with Crippen molar-refractivity contribution in [3.63, 3.8) is 0 Å². The standard InChI is InChI=1S/C10H21NO/c1-9(11-2)5-8-10(12)6-3-4-7-10/h9,11-12H,3-8H2,1-2H3. The number of aliphatic hydroxyl groups is 1. The van der Waals surface area contributed by atoms with E-state index in [2.05, 4.69) is 12.2 Å². The molecule has 2 nitrogen and oxygen atoms in total. The van der Waals surface area contributed by atoms with Gasteiger partial charge in [-0.15, -0.1) is 0 Å². The summed E-state index contributed by atoms with van der Waals surface area (Å²) in [5.74, 6) is 0. The highest BCUT2D eigenvalue weighted by Gasteiger charge is 2.30. The van der Waals surface area contributed by atoms with Crippen LogP contribution in [0.25, 0.3) is 0 Å². The summed E-state index contributed by atoms with van der Waals surface area (Å²) in [5, 5.41) is 13.2. The lowest BCUT2D eigenvalue weighted by molar-refractivity contribution is 0.0347. The minimum Gasteiger partial charge on any atom is -0.390 e. The lowest BCUT2D eigenvalue weighted by Crippen LogP contribution is -2.29. The van der Waals surface area contributed by atoms with E-state index in [0.717, 1.165) is 25.7 Å². The Bertz CT molecular complexity index is 130. The van der Waals surface area contributed by atoms with Crippen molar-refractivity contribution in [2.24, 2.45) is 0 Å². The van der Waals surface area contributed by atoms with Gasteiger partial charge in [-0.05, 0) is 39.7 Å². The van der Waals surface area contributed by atoms with Gasteiger partial charge < -0.3 is 10.4 Å². The number of hydrogen-bond acceptors (Lipinski definition) is 2. The highest BCUT2D eigenvalue weighted by atomic mass is 16.3. The third kappa shape index (κ3) is 2.76. The average Bonchev–Trinajstić information content (AvgIpc) is 2.49. The van der Waals surface area contributed by atoms with E-state index in [1.165, 1.54) is 12.8 Å². The van der Waals surface area contributed by atoms with Gasteiger partial charge in [0.05, 0.1) is 5.60 Å². The highest BCUT2D eigenvalue weighted by molar-refractivity contribution is 4.84. The Balaban J connectivity index is 2.21. The van der Waals surface area contributed by atoms with E-state index in [1.54, 1.807) is 0 Å². The average molecular weight is 171 g/mol. The van der Waals surface area contributed by atoms with E-state index in [4.69, 9.17) is 0 Å². The van der Waals surface area contributed by atoms with Crippen LogP contribution in [-0.4, -0.2) is 23.8 Å². The molecule has 0 amide bonds. The van der Waals surface area contributed by atoms with Gasteiger partial charge in [0.25, 0.3) is 0 Å². The van der Waals surface area contributed by atoms with E-state index >= 15 is 0 Å². The summed E-state index contributed by atoms with van der Waals surface area (Å²) in [6.07, 6.45) is 6.52. The fourth-order valence-corrected chi connectivity index (χ4v) is 1.91. The summed E-state index contributed by atoms with van der Waals surface area (Å²) >= 11 is 0. The Morgan fingerprint density at radius 3 is 2.50 bits per heavy atom. The first-order chi connectivity index (χ1) is 5.66. The quantitative estimate of drug-likeness (QED) is 0.674. The molecule has 0 radical (unpaired) electrons. The van der Waals surface area contributed by atoms with Crippen LogP contribution in [0.2, 0.25) is 0 Å². The fraction of sp³-hybridized carbons (Fsp3) is 1.00. The van der Waals surface area contributed by atoms with Crippen LogP contribution in [0.4, 0.5) is 0 Å². The van der Waals surface area contributed by atoms with Gasteiger partial charge in [-0.2, -0.15) is 0 Å². The molecule has 1 aliphatic rings. The molecule has 1 aliphatic carbocycles. The molecule has 0 aromatic carbocycles. The largest absolute Gasteiger partial charge is 0.390 e. The van der Waals surface area contributed by atoms with Gasteiger partial charge in [-0.25, -0.2) is 0 Å². The Morgan fingerprint density at radius 1 is 1.42 bits per heavy atom. The van der Waals surface area contributed by atoms with Crippen molar-refractivity contribution < 1.29 is 5.11 Å². The second-order valence-corrected chi connectivity index (χ2v) is 4.16. The van der Waals surface area contributed by atoms with Crippen LogP contribution in [0.3, 0.4) is 0 Å². The van der Waals surface area contributed by atoms with Crippen LogP contribution in [-0.2, 0) is 0 Å². The summed E-state index contributed by atoms with van der Waals surface area (Å²) < 4.78 is 0. The van der Waals surface area contributed by atoms with Crippen molar-refractivity contribution in [3.8, 4) is 0 Å². The molecule has 0 spiro atoms. The molecule has 0 aliphatic heterocycles. The summed E-state index contributed by atoms with van der Waals surface area (Å²) in [4.78, 5) is 0. The van der Waals surface area contributed by atoms with Crippen LogP contribution in [0.5, 0.6) is 0 Å². The molecule has 1 unspecified atom stereocenters. The monoisotopic (exact) mass is 171 g/mol. The third-order valence-corrected chi connectivity index (χ3v) is 3.07. The van der Waals surface area contributed by atoms with Crippen LogP contribution < -0.4 is 5.32 Å². The molecule has 1 rings (SSSR count). The van der Waals surface area contributed by atoms with Gasteiger partial charge >= 0.3 is 0 Å². The summed E-state index contributed by atoms with van der Waals surface area (Å²) in [7, 11) is 1.98. The lowest BCUT2D eigenvalue weighted by atomic mass is 9.94. The van der Waals surface area contributed by atoms with Crippen molar-refractivity contribution in [1.82, 2.24) is 5.32 Å². The van der Waals surface area contributed by atoms with E-state index < -0.39 is 0 Å². The summed E-state index contributed by atoms with van der Waals surface area (Å²) in [5.41, 5.74) is -0.314. The molecule has 1 saturated carbocycles. The van der Waals surface area contributed by atoms with Crippen molar-refractivity contribution in [2.45, 2.75) is 57.1 Å². The summed E-state index contributed by atoms with van der Waals surface area (Å²) in [6, 6.07) is 0.537. The van der Waals surface area contributed by atoms with E-state index in [9.17, 15) is 5.11 Å². The van der Waals surface area contributed by atoms with E-state index in [1.807, 2.05) is 7.05 Å². The predicted molar refractivity (Wildman–Crippen MR) is 51.2 cm³/mol. The maximum Gasteiger partial charge on any atom is 0.0648 e. The van der Waals surface area contributed by atoms with Crippen LogP contribution in [0.1, 0.15) is 45.4 Å². The second-order valence-electron chi connectivity index (χ2n) is 4.16.